The molecule has 156 valence electrons. The van der Waals surface area contributed by atoms with Gasteiger partial charge in [0.15, 0.2) is 0 Å². The highest BCUT2D eigenvalue weighted by molar-refractivity contribution is 6.30. The van der Waals surface area contributed by atoms with E-state index in [9.17, 15) is 10.1 Å². The zero-order valence-electron chi connectivity index (χ0n) is 17.1. The lowest BCUT2D eigenvalue weighted by Gasteiger charge is -2.34. The van der Waals surface area contributed by atoms with Crippen LogP contribution in [-0.4, -0.2) is 42.0 Å². The quantitative estimate of drug-likeness (QED) is 0.600. The van der Waals surface area contributed by atoms with Crippen LogP contribution in [-0.2, 0) is 0 Å². The van der Waals surface area contributed by atoms with Gasteiger partial charge in [-0.1, -0.05) is 47.5 Å². The minimum absolute atomic E-state index is 0.0538. The molecule has 0 unspecified atom stereocenters. The third kappa shape index (κ3) is 4.79. The van der Waals surface area contributed by atoms with Gasteiger partial charge in [0.05, 0.1) is 0 Å². The molecule has 2 aromatic carbocycles. The lowest BCUT2D eigenvalue weighted by Crippen LogP contribution is -2.48. The molecule has 0 aliphatic carbocycles. The standard InChI is InChI=1S/C24H21ClN4O2/c1-17-5-7-18(8-6-17)9-10-22-27-21(16-26)24(31-22)29-13-11-28(12-14-29)23(30)19-3-2-4-20(25)15-19/h2-10,15H,11-14H2,1H3/b10-9+. The van der Waals surface area contributed by atoms with Gasteiger partial charge < -0.3 is 14.2 Å². The number of aryl methyl sites for hydroxylation is 1. The van der Waals surface area contributed by atoms with Crippen molar-refractivity contribution in [1.82, 2.24) is 9.88 Å². The molecular weight excluding hydrogens is 412 g/mol. The summed E-state index contributed by atoms with van der Waals surface area (Å²) in [6.45, 7) is 4.18. The van der Waals surface area contributed by atoms with Crippen molar-refractivity contribution in [1.29, 1.82) is 5.26 Å². The van der Waals surface area contributed by atoms with Crippen molar-refractivity contribution >= 4 is 35.5 Å². The highest BCUT2D eigenvalue weighted by Crippen LogP contribution is 2.25. The van der Waals surface area contributed by atoms with Crippen LogP contribution in [0.25, 0.3) is 12.2 Å². The summed E-state index contributed by atoms with van der Waals surface area (Å²) in [6.07, 6.45) is 3.66. The van der Waals surface area contributed by atoms with E-state index < -0.39 is 0 Å². The summed E-state index contributed by atoms with van der Waals surface area (Å²) >= 11 is 6.00. The van der Waals surface area contributed by atoms with Crippen molar-refractivity contribution in [2.45, 2.75) is 6.92 Å². The number of nitriles is 1. The Morgan fingerprint density at radius 3 is 2.55 bits per heavy atom. The second-order valence-electron chi connectivity index (χ2n) is 7.35. The number of hydrogen-bond donors (Lipinski definition) is 0. The van der Waals surface area contributed by atoms with Gasteiger partial charge >= 0.3 is 0 Å². The van der Waals surface area contributed by atoms with Gasteiger partial charge in [-0.05, 0) is 36.8 Å². The monoisotopic (exact) mass is 432 g/mol. The average Bonchev–Trinajstić information content (AvgIpc) is 3.22. The Bertz CT molecular complexity index is 1150. The molecule has 0 atom stereocenters. The number of nitrogens with zero attached hydrogens (tertiary/aromatic N) is 4. The Morgan fingerprint density at radius 2 is 1.87 bits per heavy atom. The number of carbonyl (C=O) groups excluding carboxylic acids is 1. The highest BCUT2D eigenvalue weighted by Gasteiger charge is 2.26. The van der Waals surface area contributed by atoms with Gasteiger partial charge in [-0.25, -0.2) is 0 Å². The van der Waals surface area contributed by atoms with Crippen LogP contribution >= 0.6 is 11.6 Å². The normalized spacial score (nSPS) is 14.1. The molecule has 1 amide bonds. The molecule has 0 bridgehead atoms. The van der Waals surface area contributed by atoms with E-state index in [1.807, 2.05) is 42.2 Å². The summed E-state index contributed by atoms with van der Waals surface area (Å²) in [5, 5.41) is 10.0. The van der Waals surface area contributed by atoms with Crippen molar-refractivity contribution < 1.29 is 9.21 Å². The second-order valence-corrected chi connectivity index (χ2v) is 7.79. The van der Waals surface area contributed by atoms with Gasteiger partial charge in [0.2, 0.25) is 17.5 Å². The second kappa shape index (κ2) is 9.07. The molecule has 3 aromatic rings. The molecule has 7 heteroatoms. The molecule has 1 saturated heterocycles. The molecule has 0 radical (unpaired) electrons. The Labute approximate surface area is 186 Å². The third-order valence-electron chi connectivity index (χ3n) is 5.15. The number of carbonyl (C=O) groups is 1. The number of anilines is 1. The molecular formula is C24H21ClN4O2. The van der Waals surface area contributed by atoms with Gasteiger partial charge in [-0.15, -0.1) is 0 Å². The van der Waals surface area contributed by atoms with Crippen LogP contribution in [0.2, 0.25) is 5.02 Å². The van der Waals surface area contributed by atoms with Crippen molar-refractivity contribution in [2.24, 2.45) is 0 Å². The number of halogens is 1. The predicted octanol–water partition coefficient (Wildman–Crippen LogP) is 4.64. The molecule has 31 heavy (non-hydrogen) atoms. The minimum atomic E-state index is -0.0538. The van der Waals surface area contributed by atoms with E-state index in [4.69, 9.17) is 16.0 Å². The summed E-state index contributed by atoms with van der Waals surface area (Å²) in [6, 6.07) is 17.1. The Balaban J connectivity index is 1.44. The molecule has 1 aromatic heterocycles. The lowest BCUT2D eigenvalue weighted by molar-refractivity contribution is 0.0745. The van der Waals surface area contributed by atoms with Gasteiger partial charge in [0.25, 0.3) is 5.91 Å². The molecule has 0 spiro atoms. The fraction of sp³-hybridized carbons (Fsp3) is 0.208. The highest BCUT2D eigenvalue weighted by atomic mass is 35.5. The summed E-state index contributed by atoms with van der Waals surface area (Å²) < 4.78 is 5.87. The first kappa shape index (κ1) is 20.7. The van der Waals surface area contributed by atoms with Crippen LogP contribution in [0.4, 0.5) is 5.88 Å². The molecule has 1 aliphatic rings. The zero-order chi connectivity index (χ0) is 21.8. The van der Waals surface area contributed by atoms with E-state index in [1.54, 1.807) is 35.2 Å². The Hall–Kier alpha value is -3.56. The molecule has 0 N–H and O–H groups in total. The van der Waals surface area contributed by atoms with Gasteiger partial charge in [-0.2, -0.15) is 10.2 Å². The average molecular weight is 433 g/mol. The summed E-state index contributed by atoms with van der Waals surface area (Å²) in [5.41, 5.74) is 3.03. The maximum absolute atomic E-state index is 12.7. The van der Waals surface area contributed by atoms with Crippen LogP contribution in [0, 0.1) is 18.3 Å². The topological polar surface area (TPSA) is 73.4 Å². The maximum atomic E-state index is 12.7. The van der Waals surface area contributed by atoms with E-state index in [0.29, 0.717) is 48.5 Å². The molecule has 6 nitrogen and oxygen atoms in total. The van der Waals surface area contributed by atoms with E-state index in [2.05, 4.69) is 11.1 Å². The first-order valence-corrected chi connectivity index (χ1v) is 10.4. The van der Waals surface area contributed by atoms with Crippen LogP contribution < -0.4 is 4.90 Å². The minimum Gasteiger partial charge on any atom is -0.420 e. The Morgan fingerprint density at radius 1 is 1.13 bits per heavy atom. The van der Waals surface area contributed by atoms with Crippen LogP contribution in [0.5, 0.6) is 0 Å². The van der Waals surface area contributed by atoms with Crippen molar-refractivity contribution in [3.63, 3.8) is 0 Å². The smallest absolute Gasteiger partial charge is 0.254 e. The predicted molar refractivity (Wildman–Crippen MR) is 121 cm³/mol. The zero-order valence-corrected chi connectivity index (χ0v) is 17.8. The number of hydrogen-bond acceptors (Lipinski definition) is 5. The molecule has 1 fully saturated rings. The van der Waals surface area contributed by atoms with Gasteiger partial charge in [0.1, 0.15) is 6.07 Å². The first-order chi connectivity index (χ1) is 15.0. The third-order valence-corrected chi connectivity index (χ3v) is 5.39. The first-order valence-electron chi connectivity index (χ1n) is 9.99. The summed E-state index contributed by atoms with van der Waals surface area (Å²) in [7, 11) is 0. The maximum Gasteiger partial charge on any atom is 0.254 e. The molecule has 0 saturated carbocycles. The number of rotatable bonds is 4. The number of benzene rings is 2. The van der Waals surface area contributed by atoms with Crippen LogP contribution in [0.3, 0.4) is 0 Å². The fourth-order valence-electron chi connectivity index (χ4n) is 3.45. The molecule has 1 aliphatic heterocycles. The number of piperazine rings is 1. The summed E-state index contributed by atoms with van der Waals surface area (Å²) in [4.78, 5) is 20.7. The largest absolute Gasteiger partial charge is 0.420 e. The fourth-order valence-corrected chi connectivity index (χ4v) is 3.64. The van der Waals surface area contributed by atoms with E-state index in [1.165, 1.54) is 5.56 Å². The molecule has 4 rings (SSSR count). The van der Waals surface area contributed by atoms with E-state index in [0.717, 1.165) is 5.56 Å². The van der Waals surface area contributed by atoms with Crippen molar-refractivity contribution in [3.8, 4) is 6.07 Å². The van der Waals surface area contributed by atoms with Crippen molar-refractivity contribution in [2.75, 3.05) is 31.1 Å². The van der Waals surface area contributed by atoms with Gasteiger partial charge in [-0.3, -0.25) is 4.79 Å². The van der Waals surface area contributed by atoms with Crippen LogP contribution in [0.1, 0.15) is 33.1 Å². The number of amides is 1. The van der Waals surface area contributed by atoms with Crippen molar-refractivity contribution in [3.05, 3.63) is 81.8 Å². The van der Waals surface area contributed by atoms with E-state index in [-0.39, 0.29) is 11.6 Å². The number of aromatic nitrogens is 1. The SMILES string of the molecule is Cc1ccc(/C=C/c2nc(C#N)c(N3CCN(C(=O)c4cccc(Cl)c4)CC3)o2)cc1. The Kier molecular flexibility index (Phi) is 6.06. The lowest BCUT2D eigenvalue weighted by atomic mass is 10.1. The summed E-state index contributed by atoms with van der Waals surface area (Å²) in [5.74, 6) is 0.771. The van der Waals surface area contributed by atoms with Gasteiger partial charge in [0, 0.05) is 42.8 Å². The van der Waals surface area contributed by atoms with E-state index >= 15 is 0 Å². The van der Waals surface area contributed by atoms with Crippen LogP contribution in [0.15, 0.2) is 52.9 Å². The molecule has 2 heterocycles. The number of oxazole rings is 1.